The average molecular weight is 442 g/mol. The zero-order valence-corrected chi connectivity index (χ0v) is 18.1. The van der Waals surface area contributed by atoms with E-state index in [-0.39, 0.29) is 30.7 Å². The third-order valence-electron chi connectivity index (χ3n) is 5.11. The normalized spacial score (nSPS) is 10.6. The van der Waals surface area contributed by atoms with Gasteiger partial charge in [-0.2, -0.15) is 5.10 Å². The van der Waals surface area contributed by atoms with Crippen LogP contribution in [0.3, 0.4) is 0 Å². The highest BCUT2D eigenvalue weighted by atomic mass is 19.1. The molecular weight excluding hydrogens is 419 g/mol. The predicted octanol–water partition coefficient (Wildman–Crippen LogP) is 4.15. The van der Waals surface area contributed by atoms with Crippen LogP contribution in [0.15, 0.2) is 85.1 Å². The van der Waals surface area contributed by atoms with Gasteiger partial charge in [0.2, 0.25) is 0 Å². The van der Waals surface area contributed by atoms with Crippen LogP contribution >= 0.6 is 0 Å². The Labute approximate surface area is 191 Å². The van der Waals surface area contributed by atoms with Crippen molar-refractivity contribution in [3.63, 3.8) is 0 Å². The molecule has 4 rings (SSSR count). The van der Waals surface area contributed by atoms with E-state index < -0.39 is 0 Å². The number of amides is 2. The second-order valence-corrected chi connectivity index (χ2v) is 7.56. The first-order chi connectivity index (χ1) is 16.0. The topological polar surface area (TPSA) is 76.0 Å². The number of hydrogen-bond donors (Lipinski definition) is 2. The van der Waals surface area contributed by atoms with Crippen molar-refractivity contribution in [3.05, 3.63) is 108 Å². The zero-order valence-electron chi connectivity index (χ0n) is 18.1. The maximum atomic E-state index is 13.3. The Morgan fingerprint density at radius 1 is 0.848 bits per heavy atom. The minimum atomic E-state index is -0.347. The first kappa shape index (κ1) is 22.0. The molecular formula is C26H23FN4O2. The summed E-state index contributed by atoms with van der Waals surface area (Å²) in [5, 5.41) is 10.2. The van der Waals surface area contributed by atoms with Crippen LogP contribution in [0, 0.1) is 12.7 Å². The van der Waals surface area contributed by atoms with Gasteiger partial charge in [0.1, 0.15) is 11.5 Å². The average Bonchev–Trinajstić information content (AvgIpc) is 3.28. The lowest BCUT2D eigenvalue weighted by Gasteiger charge is -2.07. The number of rotatable bonds is 7. The van der Waals surface area contributed by atoms with Gasteiger partial charge in [0.15, 0.2) is 0 Å². The molecule has 3 aromatic carbocycles. The van der Waals surface area contributed by atoms with E-state index in [0.29, 0.717) is 22.5 Å². The predicted molar refractivity (Wildman–Crippen MR) is 125 cm³/mol. The molecule has 7 heteroatoms. The number of aromatic nitrogens is 2. The molecule has 4 aromatic rings. The first-order valence-corrected chi connectivity index (χ1v) is 10.6. The largest absolute Gasteiger partial charge is 0.350 e. The third-order valence-corrected chi connectivity index (χ3v) is 5.11. The molecule has 1 heterocycles. The smallest absolute Gasteiger partial charge is 0.255 e. The second-order valence-electron chi connectivity index (χ2n) is 7.56. The number of hydrogen-bond acceptors (Lipinski definition) is 3. The summed E-state index contributed by atoms with van der Waals surface area (Å²) < 4.78 is 14.9. The molecule has 0 unspecified atom stereocenters. The van der Waals surface area contributed by atoms with Gasteiger partial charge in [-0.3, -0.25) is 9.59 Å². The lowest BCUT2D eigenvalue weighted by molar-refractivity contribution is 0.0928. The van der Waals surface area contributed by atoms with Crippen molar-refractivity contribution in [3.8, 4) is 16.9 Å². The van der Waals surface area contributed by atoms with Gasteiger partial charge in [-0.15, -0.1) is 0 Å². The van der Waals surface area contributed by atoms with Crippen LogP contribution in [-0.4, -0.2) is 34.7 Å². The molecule has 0 bridgehead atoms. The second kappa shape index (κ2) is 9.91. The summed E-state index contributed by atoms with van der Waals surface area (Å²) in [4.78, 5) is 25.1. The highest BCUT2D eigenvalue weighted by molar-refractivity contribution is 6.00. The van der Waals surface area contributed by atoms with E-state index in [4.69, 9.17) is 0 Å². The summed E-state index contributed by atoms with van der Waals surface area (Å²) >= 11 is 0. The van der Waals surface area contributed by atoms with Crippen LogP contribution < -0.4 is 10.6 Å². The summed E-state index contributed by atoms with van der Waals surface area (Å²) in [6.45, 7) is 2.52. The van der Waals surface area contributed by atoms with Gasteiger partial charge >= 0.3 is 0 Å². The van der Waals surface area contributed by atoms with Crippen molar-refractivity contribution in [2.24, 2.45) is 0 Å². The molecule has 0 saturated heterocycles. The molecule has 0 aliphatic carbocycles. The first-order valence-electron chi connectivity index (χ1n) is 10.6. The van der Waals surface area contributed by atoms with Crippen LogP contribution in [0.25, 0.3) is 16.9 Å². The quantitative estimate of drug-likeness (QED) is 0.422. The molecule has 2 amide bonds. The lowest BCUT2D eigenvalue weighted by Crippen LogP contribution is -2.34. The van der Waals surface area contributed by atoms with Gasteiger partial charge in [0.05, 0.1) is 11.3 Å². The van der Waals surface area contributed by atoms with Gasteiger partial charge in [-0.05, 0) is 43.3 Å². The van der Waals surface area contributed by atoms with Crippen molar-refractivity contribution >= 4 is 11.8 Å². The Kier molecular flexibility index (Phi) is 6.59. The van der Waals surface area contributed by atoms with Crippen molar-refractivity contribution in [1.29, 1.82) is 0 Å². The number of benzene rings is 3. The maximum Gasteiger partial charge on any atom is 0.255 e. The van der Waals surface area contributed by atoms with E-state index in [1.807, 2.05) is 37.3 Å². The molecule has 6 nitrogen and oxygen atoms in total. The Hall–Kier alpha value is -4.26. The molecule has 0 atom stereocenters. The number of aryl methyl sites for hydroxylation is 1. The van der Waals surface area contributed by atoms with Gasteiger partial charge < -0.3 is 10.6 Å². The highest BCUT2D eigenvalue weighted by Gasteiger charge is 2.18. The highest BCUT2D eigenvalue weighted by Crippen LogP contribution is 2.24. The van der Waals surface area contributed by atoms with Crippen LogP contribution in [0.1, 0.15) is 26.3 Å². The fourth-order valence-electron chi connectivity index (χ4n) is 3.33. The number of carbonyl (C=O) groups is 2. The zero-order chi connectivity index (χ0) is 23.2. The van der Waals surface area contributed by atoms with E-state index in [1.165, 1.54) is 12.1 Å². The van der Waals surface area contributed by atoms with Gasteiger partial charge in [0.25, 0.3) is 11.8 Å². The number of nitrogens with zero attached hydrogens (tertiary/aromatic N) is 2. The number of carbonyl (C=O) groups excluding carboxylic acids is 2. The van der Waals surface area contributed by atoms with E-state index in [9.17, 15) is 14.0 Å². The van der Waals surface area contributed by atoms with E-state index in [2.05, 4.69) is 15.7 Å². The van der Waals surface area contributed by atoms with Crippen molar-refractivity contribution in [2.45, 2.75) is 6.92 Å². The number of nitrogens with one attached hydrogen (secondary N) is 2. The summed E-state index contributed by atoms with van der Waals surface area (Å²) in [7, 11) is 0. The summed E-state index contributed by atoms with van der Waals surface area (Å²) in [6.07, 6.45) is 1.63. The Morgan fingerprint density at radius 3 is 2.15 bits per heavy atom. The maximum absolute atomic E-state index is 13.3. The number of halogens is 1. The van der Waals surface area contributed by atoms with Crippen molar-refractivity contribution in [1.82, 2.24) is 20.4 Å². The Bertz CT molecular complexity index is 1250. The Balaban J connectivity index is 1.50. The van der Waals surface area contributed by atoms with Crippen LogP contribution in [0.2, 0.25) is 0 Å². The molecule has 0 aliphatic rings. The lowest BCUT2D eigenvalue weighted by atomic mass is 10.1. The SMILES string of the molecule is Cc1ccc(-c2nn(-c3ccc(F)cc3)cc2C(=O)NCCNC(=O)c2ccccc2)cc1. The summed E-state index contributed by atoms with van der Waals surface area (Å²) in [6, 6.07) is 22.5. The summed E-state index contributed by atoms with van der Waals surface area (Å²) in [5.41, 5.74) is 3.99. The van der Waals surface area contributed by atoms with E-state index in [1.54, 1.807) is 47.3 Å². The van der Waals surface area contributed by atoms with Crippen LogP contribution in [0.5, 0.6) is 0 Å². The molecule has 33 heavy (non-hydrogen) atoms. The molecule has 166 valence electrons. The molecule has 1 aromatic heterocycles. The van der Waals surface area contributed by atoms with E-state index in [0.717, 1.165) is 11.1 Å². The fourth-order valence-corrected chi connectivity index (χ4v) is 3.33. The van der Waals surface area contributed by atoms with Crippen LogP contribution in [0.4, 0.5) is 4.39 Å². The molecule has 0 saturated carbocycles. The van der Waals surface area contributed by atoms with E-state index >= 15 is 0 Å². The third kappa shape index (κ3) is 5.33. The van der Waals surface area contributed by atoms with Gasteiger partial charge in [0, 0.05) is 30.4 Å². The standard InChI is InChI=1S/C26H23FN4O2/c1-18-7-9-19(10-8-18)24-23(17-31(30-24)22-13-11-21(27)12-14-22)26(33)29-16-15-28-25(32)20-5-3-2-4-6-20/h2-14,17H,15-16H2,1H3,(H,28,32)(H,29,33). The van der Waals surface area contributed by atoms with Gasteiger partial charge in [-0.1, -0.05) is 48.0 Å². The molecule has 0 fully saturated rings. The monoisotopic (exact) mass is 442 g/mol. The minimum absolute atomic E-state index is 0.200. The van der Waals surface area contributed by atoms with Gasteiger partial charge in [-0.25, -0.2) is 9.07 Å². The fraction of sp³-hybridized carbons (Fsp3) is 0.115. The van der Waals surface area contributed by atoms with Crippen molar-refractivity contribution in [2.75, 3.05) is 13.1 Å². The van der Waals surface area contributed by atoms with Crippen molar-refractivity contribution < 1.29 is 14.0 Å². The molecule has 0 spiro atoms. The molecule has 2 N–H and O–H groups in total. The van der Waals surface area contributed by atoms with Crippen LogP contribution in [-0.2, 0) is 0 Å². The summed E-state index contributed by atoms with van der Waals surface area (Å²) in [5.74, 6) is -0.859. The Morgan fingerprint density at radius 2 is 1.48 bits per heavy atom. The molecule has 0 aliphatic heterocycles. The molecule has 0 radical (unpaired) electrons. The minimum Gasteiger partial charge on any atom is -0.350 e.